The number of phenolic OH excluding ortho intramolecular Hbond substituents is 1. The SMILES string of the molecule is Oc1cccc2c1-c1nc(-c3cn(-c4ccccc4)c(-c4[c-]ccc5oc6ccccc6c45)n3)ccc1CC2.[Pt]. The number of imidazole rings is 1. The number of furan rings is 1. The Morgan fingerprint density at radius 2 is 1.57 bits per heavy atom. The summed E-state index contributed by atoms with van der Waals surface area (Å²) < 4.78 is 8.26. The quantitative estimate of drug-likeness (QED) is 0.192. The molecule has 0 bridgehead atoms. The molecule has 0 atom stereocenters. The molecule has 8 rings (SSSR count). The largest absolute Gasteiger partial charge is 0.507 e. The number of hydrogen-bond donors (Lipinski definition) is 1. The molecular weight excluding hydrogens is 677 g/mol. The predicted octanol–water partition coefficient (Wildman–Crippen LogP) is 7.77. The van der Waals surface area contributed by atoms with E-state index in [0.717, 1.165) is 85.6 Å². The molecule has 7 aromatic rings. The van der Waals surface area contributed by atoms with E-state index in [-0.39, 0.29) is 26.8 Å². The van der Waals surface area contributed by atoms with E-state index in [4.69, 9.17) is 14.4 Å². The van der Waals surface area contributed by atoms with E-state index in [2.05, 4.69) is 41.0 Å². The number of nitrogens with zero attached hydrogens (tertiary/aromatic N) is 3. The topological polar surface area (TPSA) is 64.1 Å². The van der Waals surface area contributed by atoms with Crippen LogP contribution in [-0.2, 0) is 33.9 Å². The molecule has 0 aliphatic heterocycles. The van der Waals surface area contributed by atoms with Gasteiger partial charge in [0.05, 0.1) is 28.5 Å². The summed E-state index contributed by atoms with van der Waals surface area (Å²) in [6, 6.07) is 35.4. The molecule has 4 aromatic carbocycles. The monoisotopic (exact) mass is 699 g/mol. The van der Waals surface area contributed by atoms with Gasteiger partial charge in [0, 0.05) is 38.5 Å². The van der Waals surface area contributed by atoms with Crippen molar-refractivity contribution in [2.75, 3.05) is 0 Å². The molecule has 5 nitrogen and oxygen atoms in total. The first-order valence-corrected chi connectivity index (χ1v) is 13.0. The fourth-order valence-corrected chi connectivity index (χ4v) is 5.74. The van der Waals surface area contributed by atoms with Crippen LogP contribution in [0.15, 0.2) is 108 Å². The normalized spacial score (nSPS) is 12.2. The molecule has 40 heavy (non-hydrogen) atoms. The summed E-state index contributed by atoms with van der Waals surface area (Å²) in [6.07, 6.45) is 3.82. The molecule has 0 saturated heterocycles. The van der Waals surface area contributed by atoms with Crippen molar-refractivity contribution in [1.29, 1.82) is 0 Å². The molecule has 0 amide bonds. The minimum Gasteiger partial charge on any atom is -0.507 e. The van der Waals surface area contributed by atoms with Crippen LogP contribution in [0, 0.1) is 6.07 Å². The number of fused-ring (bicyclic) bond motifs is 6. The second kappa shape index (κ2) is 9.62. The molecule has 1 aliphatic rings. The van der Waals surface area contributed by atoms with Crippen LogP contribution in [0.1, 0.15) is 11.1 Å². The number of rotatable bonds is 3. The zero-order chi connectivity index (χ0) is 25.9. The summed E-state index contributed by atoms with van der Waals surface area (Å²) in [5, 5.41) is 12.7. The van der Waals surface area contributed by atoms with Crippen molar-refractivity contribution >= 4 is 21.9 Å². The van der Waals surface area contributed by atoms with Gasteiger partial charge in [-0.25, -0.2) is 4.98 Å². The van der Waals surface area contributed by atoms with Gasteiger partial charge in [-0.15, -0.1) is 12.1 Å². The number of aryl methyl sites for hydroxylation is 2. The van der Waals surface area contributed by atoms with E-state index in [9.17, 15) is 5.11 Å². The smallest absolute Gasteiger partial charge is 0.125 e. The van der Waals surface area contributed by atoms with E-state index in [1.165, 1.54) is 0 Å². The first-order chi connectivity index (χ1) is 19.2. The third-order valence-corrected chi connectivity index (χ3v) is 7.57. The molecule has 0 saturated carbocycles. The summed E-state index contributed by atoms with van der Waals surface area (Å²) in [5.41, 5.74) is 8.91. The number of aromatic hydroxyl groups is 1. The van der Waals surface area contributed by atoms with Gasteiger partial charge in [-0.1, -0.05) is 71.6 Å². The van der Waals surface area contributed by atoms with E-state index >= 15 is 0 Å². The second-order valence-corrected chi connectivity index (χ2v) is 9.86. The van der Waals surface area contributed by atoms with Crippen molar-refractivity contribution in [2.45, 2.75) is 12.8 Å². The molecule has 6 heteroatoms. The molecule has 3 aromatic heterocycles. The summed E-state index contributed by atoms with van der Waals surface area (Å²) in [5.74, 6) is 1.03. The van der Waals surface area contributed by atoms with Gasteiger partial charge in [0.1, 0.15) is 11.3 Å². The predicted molar refractivity (Wildman–Crippen MR) is 153 cm³/mol. The van der Waals surface area contributed by atoms with Crippen molar-refractivity contribution in [3.8, 4) is 45.5 Å². The maximum atomic E-state index is 10.7. The summed E-state index contributed by atoms with van der Waals surface area (Å²) >= 11 is 0. The minimum atomic E-state index is 0. The Morgan fingerprint density at radius 1 is 0.750 bits per heavy atom. The van der Waals surface area contributed by atoms with Crippen LogP contribution in [0.25, 0.3) is 61.7 Å². The van der Waals surface area contributed by atoms with Crippen LogP contribution in [-0.4, -0.2) is 19.6 Å². The van der Waals surface area contributed by atoms with Gasteiger partial charge >= 0.3 is 0 Å². The Hall–Kier alpha value is -4.47. The van der Waals surface area contributed by atoms with Crippen molar-refractivity contribution in [1.82, 2.24) is 14.5 Å². The first kappa shape index (κ1) is 24.6. The van der Waals surface area contributed by atoms with E-state index in [0.29, 0.717) is 0 Å². The van der Waals surface area contributed by atoms with Gasteiger partial charge < -0.3 is 14.1 Å². The molecule has 3 heterocycles. The van der Waals surface area contributed by atoms with Crippen molar-refractivity contribution in [3.05, 3.63) is 120 Å². The van der Waals surface area contributed by atoms with Gasteiger partial charge in [-0.2, -0.15) is 0 Å². The molecule has 1 N–H and O–H groups in total. The molecule has 0 radical (unpaired) electrons. The van der Waals surface area contributed by atoms with Gasteiger partial charge in [0.25, 0.3) is 0 Å². The number of pyridine rings is 1. The summed E-state index contributed by atoms with van der Waals surface area (Å²) in [7, 11) is 0. The molecular formula is C34H22N3O2Pt-. The second-order valence-electron chi connectivity index (χ2n) is 9.86. The van der Waals surface area contributed by atoms with Crippen LogP contribution in [0.4, 0.5) is 0 Å². The Morgan fingerprint density at radius 3 is 2.48 bits per heavy atom. The Balaban J connectivity index is 0.00000264. The van der Waals surface area contributed by atoms with Crippen molar-refractivity contribution < 1.29 is 30.6 Å². The van der Waals surface area contributed by atoms with E-state index < -0.39 is 0 Å². The summed E-state index contributed by atoms with van der Waals surface area (Å²) in [4.78, 5) is 10.2. The minimum absolute atomic E-state index is 0. The number of hydrogen-bond acceptors (Lipinski definition) is 4. The fraction of sp³-hybridized carbons (Fsp3) is 0.0588. The number of benzene rings is 4. The average Bonchev–Trinajstić information content (AvgIpc) is 3.60. The maximum Gasteiger partial charge on any atom is 0.125 e. The number of phenols is 1. The van der Waals surface area contributed by atoms with Crippen LogP contribution >= 0.6 is 0 Å². The Bertz CT molecular complexity index is 2040. The van der Waals surface area contributed by atoms with Gasteiger partial charge in [-0.3, -0.25) is 4.98 Å². The third kappa shape index (κ3) is 3.81. The zero-order valence-electron chi connectivity index (χ0n) is 21.2. The van der Waals surface area contributed by atoms with Gasteiger partial charge in [-0.05, 0) is 59.7 Å². The molecule has 1 aliphatic carbocycles. The molecule has 196 valence electrons. The van der Waals surface area contributed by atoms with E-state index in [1.54, 1.807) is 6.07 Å². The van der Waals surface area contributed by atoms with Gasteiger partial charge in [0.15, 0.2) is 0 Å². The number of aromatic nitrogens is 3. The summed E-state index contributed by atoms with van der Waals surface area (Å²) in [6.45, 7) is 0. The Kier molecular flexibility index (Phi) is 5.91. The van der Waals surface area contributed by atoms with Crippen LogP contribution in [0.5, 0.6) is 5.75 Å². The van der Waals surface area contributed by atoms with Crippen LogP contribution in [0.3, 0.4) is 0 Å². The van der Waals surface area contributed by atoms with Crippen LogP contribution < -0.4 is 0 Å². The number of para-hydroxylation sites is 2. The van der Waals surface area contributed by atoms with Crippen molar-refractivity contribution in [2.24, 2.45) is 0 Å². The zero-order valence-corrected chi connectivity index (χ0v) is 23.5. The van der Waals surface area contributed by atoms with Crippen molar-refractivity contribution in [3.63, 3.8) is 0 Å². The molecule has 0 spiro atoms. The Labute approximate surface area is 245 Å². The fourth-order valence-electron chi connectivity index (χ4n) is 5.74. The maximum absolute atomic E-state index is 10.7. The molecule has 0 fully saturated rings. The average molecular weight is 700 g/mol. The van der Waals surface area contributed by atoms with Crippen LogP contribution in [0.2, 0.25) is 0 Å². The first-order valence-electron chi connectivity index (χ1n) is 13.0. The van der Waals surface area contributed by atoms with Gasteiger partial charge in [0.2, 0.25) is 0 Å². The molecule has 0 unspecified atom stereocenters. The third-order valence-electron chi connectivity index (χ3n) is 7.57. The standard InChI is InChI=1S/C34H22N3O2.Pt/c38-28-13-6-8-21-16-17-22-18-19-26(35-33(22)31(21)28)27-20-37(23-9-2-1-3-10-23)34(36-27)25-12-7-15-30-32(25)24-11-4-5-14-29(24)39-30;/h1-11,13-15,18-20,38H,16-17H2;/q-1;. The van der Waals surface area contributed by atoms with E-state index in [1.807, 2.05) is 66.9 Å².